The van der Waals surface area contributed by atoms with Crippen molar-refractivity contribution in [2.75, 3.05) is 25.1 Å². The van der Waals surface area contributed by atoms with Crippen molar-refractivity contribution in [2.45, 2.75) is 36.7 Å². The topological polar surface area (TPSA) is 87.3 Å². The smallest absolute Gasteiger partial charge is 0.241 e. The highest BCUT2D eigenvalue weighted by Gasteiger charge is 2.29. The minimum Gasteiger partial charge on any atom is -0.350 e. The predicted molar refractivity (Wildman–Crippen MR) is 109 cm³/mol. The lowest BCUT2D eigenvalue weighted by Gasteiger charge is -2.31. The molecule has 1 aromatic carbocycles. The van der Waals surface area contributed by atoms with E-state index in [1.807, 2.05) is 6.26 Å². The largest absolute Gasteiger partial charge is 0.350 e. The van der Waals surface area contributed by atoms with Crippen molar-refractivity contribution < 1.29 is 13.2 Å². The van der Waals surface area contributed by atoms with Gasteiger partial charge < -0.3 is 10.6 Å². The van der Waals surface area contributed by atoms with Crippen LogP contribution >= 0.6 is 24.2 Å². The highest BCUT2D eigenvalue weighted by molar-refractivity contribution is 7.98. The van der Waals surface area contributed by atoms with Crippen LogP contribution in [0.4, 0.5) is 0 Å². The van der Waals surface area contributed by atoms with Crippen molar-refractivity contribution in [3.63, 3.8) is 0 Å². The van der Waals surface area contributed by atoms with Gasteiger partial charge in [-0.3, -0.25) is 4.79 Å². The van der Waals surface area contributed by atoms with Crippen LogP contribution in [0.15, 0.2) is 35.2 Å². The fourth-order valence-electron chi connectivity index (χ4n) is 2.80. The van der Waals surface area contributed by atoms with Gasteiger partial charge in [0.25, 0.3) is 0 Å². The number of rotatable bonds is 8. The molecule has 1 aliphatic heterocycles. The van der Waals surface area contributed by atoms with Crippen LogP contribution in [-0.2, 0) is 14.8 Å². The molecule has 0 saturated carbocycles. The van der Waals surface area contributed by atoms with E-state index in [0.717, 1.165) is 13.0 Å². The van der Waals surface area contributed by atoms with Crippen molar-refractivity contribution >= 4 is 40.1 Å². The van der Waals surface area contributed by atoms with Crippen LogP contribution in [0, 0.1) is 5.92 Å². The molecule has 0 aliphatic carbocycles. The van der Waals surface area contributed by atoms with E-state index in [2.05, 4.69) is 22.3 Å². The van der Waals surface area contributed by atoms with E-state index in [4.69, 9.17) is 0 Å². The standard InChI is InChI=1S/C17H27N3O3S2.ClH/c1-13-8-10-18-12-16(13)19-17(21)15(9-11-24-2)20-25(22,23)14-6-4-3-5-7-14;/h3-7,13,15-16,18,20H,8-12H2,1-2H3,(H,19,21);1H. The summed E-state index contributed by atoms with van der Waals surface area (Å²) in [6.45, 7) is 3.77. The lowest BCUT2D eigenvalue weighted by atomic mass is 9.94. The Kier molecular flexibility index (Phi) is 9.95. The van der Waals surface area contributed by atoms with E-state index in [0.29, 0.717) is 24.6 Å². The number of benzene rings is 1. The maximum atomic E-state index is 12.7. The van der Waals surface area contributed by atoms with E-state index < -0.39 is 16.1 Å². The number of nitrogens with one attached hydrogen (secondary N) is 3. The fraction of sp³-hybridized carbons (Fsp3) is 0.588. The maximum Gasteiger partial charge on any atom is 0.241 e. The Morgan fingerprint density at radius 3 is 2.65 bits per heavy atom. The lowest BCUT2D eigenvalue weighted by molar-refractivity contribution is -0.123. The Morgan fingerprint density at radius 1 is 1.35 bits per heavy atom. The molecule has 0 aromatic heterocycles. The van der Waals surface area contributed by atoms with Gasteiger partial charge in [0.1, 0.15) is 6.04 Å². The third-order valence-electron chi connectivity index (χ3n) is 4.43. The molecule has 3 N–H and O–H groups in total. The molecule has 1 saturated heterocycles. The van der Waals surface area contributed by atoms with Crippen LogP contribution in [0.5, 0.6) is 0 Å². The minimum absolute atomic E-state index is 0. The molecular formula is C17H28ClN3O3S2. The van der Waals surface area contributed by atoms with Gasteiger partial charge in [0.2, 0.25) is 15.9 Å². The average molecular weight is 422 g/mol. The van der Waals surface area contributed by atoms with Crippen LogP contribution in [0.1, 0.15) is 19.8 Å². The number of carbonyl (C=O) groups is 1. The third kappa shape index (κ3) is 6.74. The molecule has 0 radical (unpaired) electrons. The molecule has 1 heterocycles. The van der Waals surface area contributed by atoms with E-state index in [-0.39, 0.29) is 29.3 Å². The van der Waals surface area contributed by atoms with Gasteiger partial charge in [0.05, 0.1) is 4.90 Å². The number of thioether (sulfide) groups is 1. The molecular weight excluding hydrogens is 394 g/mol. The van der Waals surface area contributed by atoms with Gasteiger partial charge in [-0.2, -0.15) is 16.5 Å². The minimum atomic E-state index is -3.72. The second-order valence-corrected chi connectivity index (χ2v) is 9.05. The maximum absolute atomic E-state index is 12.7. The van der Waals surface area contributed by atoms with Crippen LogP contribution in [0.3, 0.4) is 0 Å². The van der Waals surface area contributed by atoms with Crippen molar-refractivity contribution in [1.82, 2.24) is 15.4 Å². The third-order valence-corrected chi connectivity index (χ3v) is 6.56. The molecule has 9 heteroatoms. The highest BCUT2D eigenvalue weighted by atomic mass is 35.5. The van der Waals surface area contributed by atoms with Crippen molar-refractivity contribution in [3.8, 4) is 0 Å². The summed E-state index contributed by atoms with van der Waals surface area (Å²) in [5, 5.41) is 6.28. The van der Waals surface area contributed by atoms with Crippen molar-refractivity contribution in [1.29, 1.82) is 0 Å². The Balaban J connectivity index is 0.00000338. The van der Waals surface area contributed by atoms with E-state index in [1.165, 1.54) is 12.1 Å². The number of halogens is 1. The van der Waals surface area contributed by atoms with Gasteiger partial charge >= 0.3 is 0 Å². The first-order valence-corrected chi connectivity index (χ1v) is 11.4. The highest BCUT2D eigenvalue weighted by Crippen LogP contribution is 2.14. The van der Waals surface area contributed by atoms with Gasteiger partial charge in [0.15, 0.2) is 0 Å². The molecule has 26 heavy (non-hydrogen) atoms. The van der Waals surface area contributed by atoms with E-state index >= 15 is 0 Å². The summed E-state index contributed by atoms with van der Waals surface area (Å²) in [6.07, 6.45) is 3.39. The molecule has 2 rings (SSSR count). The Hall–Kier alpha value is -0.800. The van der Waals surface area contributed by atoms with Gasteiger partial charge in [-0.25, -0.2) is 8.42 Å². The summed E-state index contributed by atoms with van der Waals surface area (Å²) in [7, 11) is -3.72. The fourth-order valence-corrected chi connectivity index (χ4v) is 4.52. The van der Waals surface area contributed by atoms with Crippen LogP contribution < -0.4 is 15.4 Å². The summed E-state index contributed by atoms with van der Waals surface area (Å²) < 4.78 is 27.7. The molecule has 0 bridgehead atoms. The van der Waals surface area contributed by atoms with Gasteiger partial charge in [-0.05, 0) is 49.4 Å². The van der Waals surface area contributed by atoms with E-state index in [1.54, 1.807) is 30.0 Å². The molecule has 6 nitrogen and oxygen atoms in total. The zero-order valence-corrected chi connectivity index (χ0v) is 17.6. The average Bonchev–Trinajstić information content (AvgIpc) is 2.61. The first-order valence-electron chi connectivity index (χ1n) is 8.51. The second kappa shape index (κ2) is 11.1. The molecule has 1 fully saturated rings. The number of hydrogen-bond donors (Lipinski definition) is 3. The van der Waals surface area contributed by atoms with Crippen molar-refractivity contribution in [3.05, 3.63) is 30.3 Å². The number of hydrogen-bond acceptors (Lipinski definition) is 5. The Bertz CT molecular complexity index is 658. The van der Waals surface area contributed by atoms with Gasteiger partial charge in [-0.1, -0.05) is 25.1 Å². The summed E-state index contributed by atoms with van der Waals surface area (Å²) in [4.78, 5) is 12.9. The van der Waals surface area contributed by atoms with Crippen LogP contribution in [-0.4, -0.2) is 51.5 Å². The van der Waals surface area contributed by atoms with Crippen molar-refractivity contribution in [2.24, 2.45) is 5.92 Å². The predicted octanol–water partition coefficient (Wildman–Crippen LogP) is 1.62. The Labute approximate surface area is 166 Å². The van der Waals surface area contributed by atoms with Crippen LogP contribution in [0.2, 0.25) is 0 Å². The van der Waals surface area contributed by atoms with Gasteiger partial charge in [0, 0.05) is 12.6 Å². The molecule has 1 amide bonds. The molecule has 0 spiro atoms. The molecule has 3 unspecified atom stereocenters. The number of piperidine rings is 1. The number of sulfonamides is 1. The summed E-state index contributed by atoms with van der Waals surface area (Å²) >= 11 is 1.59. The van der Waals surface area contributed by atoms with Gasteiger partial charge in [-0.15, -0.1) is 12.4 Å². The SMILES string of the molecule is CSCCC(NS(=O)(=O)c1ccccc1)C(=O)NC1CNCCC1C.Cl. The second-order valence-electron chi connectivity index (χ2n) is 6.35. The molecule has 3 atom stereocenters. The molecule has 148 valence electrons. The summed E-state index contributed by atoms with van der Waals surface area (Å²) in [6, 6.07) is 7.40. The molecule has 1 aromatic rings. The van der Waals surface area contributed by atoms with Crippen LogP contribution in [0.25, 0.3) is 0 Å². The zero-order valence-electron chi connectivity index (χ0n) is 15.1. The number of amides is 1. The quantitative estimate of drug-likeness (QED) is 0.593. The summed E-state index contributed by atoms with van der Waals surface area (Å²) in [5.41, 5.74) is 0. The first-order chi connectivity index (χ1) is 11.9. The monoisotopic (exact) mass is 421 g/mol. The first kappa shape index (κ1) is 23.2. The lowest BCUT2D eigenvalue weighted by Crippen LogP contribution is -2.55. The van der Waals surface area contributed by atoms with E-state index in [9.17, 15) is 13.2 Å². The normalized spacial score (nSPS) is 21.5. The molecule has 1 aliphatic rings. The number of carbonyl (C=O) groups excluding carboxylic acids is 1. The Morgan fingerprint density at radius 2 is 2.04 bits per heavy atom. The zero-order chi connectivity index (χ0) is 18.3. The summed E-state index contributed by atoms with van der Waals surface area (Å²) in [5.74, 6) is 0.819.